The molecule has 0 bridgehead atoms. The maximum atomic E-state index is 11.7. The zero-order valence-electron chi connectivity index (χ0n) is 11.3. The molecule has 94 valence electrons. The van der Waals surface area contributed by atoms with Crippen molar-refractivity contribution < 1.29 is 4.79 Å². The lowest BCUT2D eigenvalue weighted by Gasteiger charge is -2.08. The van der Waals surface area contributed by atoms with Crippen molar-refractivity contribution >= 4 is 5.78 Å². The lowest BCUT2D eigenvalue weighted by Crippen LogP contribution is -2.12. The van der Waals surface area contributed by atoms with Crippen LogP contribution in [0.2, 0.25) is 0 Å². The van der Waals surface area contributed by atoms with Crippen molar-refractivity contribution in [3.63, 3.8) is 0 Å². The molecule has 0 radical (unpaired) electrons. The van der Waals surface area contributed by atoms with Gasteiger partial charge in [-0.25, -0.2) is 0 Å². The van der Waals surface area contributed by atoms with Crippen LogP contribution in [0.15, 0.2) is 12.2 Å². The summed E-state index contributed by atoms with van der Waals surface area (Å²) in [5, 5.41) is 0. The number of allylic oxidation sites excluding steroid dienone is 1. The van der Waals surface area contributed by atoms with Gasteiger partial charge in [-0.2, -0.15) is 0 Å². The number of hydrogen-bond acceptors (Lipinski definition) is 2. The molecule has 0 aliphatic heterocycles. The van der Waals surface area contributed by atoms with E-state index in [4.69, 9.17) is 0 Å². The highest BCUT2D eigenvalue weighted by Gasteiger charge is 2.08. The van der Waals surface area contributed by atoms with Gasteiger partial charge >= 0.3 is 0 Å². The van der Waals surface area contributed by atoms with Gasteiger partial charge in [0.1, 0.15) is 0 Å². The Morgan fingerprint density at radius 1 is 1.25 bits per heavy atom. The van der Waals surface area contributed by atoms with Crippen LogP contribution < -0.4 is 0 Å². The van der Waals surface area contributed by atoms with Crippen molar-refractivity contribution in [2.24, 2.45) is 5.92 Å². The van der Waals surface area contributed by atoms with E-state index in [1.54, 1.807) is 6.08 Å². The minimum atomic E-state index is 0.190. The van der Waals surface area contributed by atoms with Crippen LogP contribution in [0.4, 0.5) is 0 Å². The number of hydrogen-bond donors (Lipinski definition) is 0. The van der Waals surface area contributed by atoms with Crippen molar-refractivity contribution in [3.8, 4) is 0 Å². The maximum Gasteiger partial charge on any atom is 0.158 e. The molecule has 0 aromatic rings. The van der Waals surface area contributed by atoms with Crippen LogP contribution in [-0.2, 0) is 4.79 Å². The van der Waals surface area contributed by atoms with E-state index >= 15 is 0 Å². The summed E-state index contributed by atoms with van der Waals surface area (Å²) in [6.07, 6.45) is 9.71. The predicted octanol–water partition coefficient (Wildman–Crippen LogP) is 3.28. The zero-order valence-corrected chi connectivity index (χ0v) is 11.3. The summed E-state index contributed by atoms with van der Waals surface area (Å²) in [6, 6.07) is 0. The number of unbranched alkanes of at least 4 members (excludes halogenated alkanes) is 3. The minimum absolute atomic E-state index is 0.190. The Bertz CT molecular complexity index is 209. The quantitative estimate of drug-likeness (QED) is 0.443. The van der Waals surface area contributed by atoms with Crippen LogP contribution in [0.5, 0.6) is 0 Å². The molecular weight excluding hydrogens is 198 g/mol. The molecule has 0 N–H and O–H groups in total. The molecule has 0 aromatic carbocycles. The summed E-state index contributed by atoms with van der Waals surface area (Å²) in [6.45, 7) is 5.08. The van der Waals surface area contributed by atoms with Crippen molar-refractivity contribution in [1.82, 2.24) is 4.90 Å². The normalized spacial score (nSPS) is 13.6. The van der Waals surface area contributed by atoms with Gasteiger partial charge in [-0.3, -0.25) is 4.79 Å². The van der Waals surface area contributed by atoms with Crippen LogP contribution in [0.1, 0.15) is 46.0 Å². The average Bonchev–Trinajstić information content (AvgIpc) is 2.23. The molecule has 16 heavy (non-hydrogen) atoms. The Morgan fingerprint density at radius 3 is 2.50 bits per heavy atom. The van der Waals surface area contributed by atoms with Gasteiger partial charge in [-0.15, -0.1) is 0 Å². The topological polar surface area (TPSA) is 20.3 Å². The van der Waals surface area contributed by atoms with E-state index in [2.05, 4.69) is 11.8 Å². The van der Waals surface area contributed by atoms with E-state index in [1.165, 1.54) is 25.7 Å². The number of likely N-dealkylation sites (N-methyl/N-ethyl adjacent to an activating group) is 1. The van der Waals surface area contributed by atoms with E-state index in [-0.39, 0.29) is 11.7 Å². The number of carbonyl (C=O) groups is 1. The summed E-state index contributed by atoms with van der Waals surface area (Å²) >= 11 is 0. The molecule has 1 atom stereocenters. The Kier molecular flexibility index (Phi) is 9.21. The van der Waals surface area contributed by atoms with Crippen molar-refractivity contribution in [2.45, 2.75) is 46.0 Å². The third kappa shape index (κ3) is 8.66. The Labute approximate surface area is 101 Å². The first-order valence-electron chi connectivity index (χ1n) is 6.43. The van der Waals surface area contributed by atoms with Crippen LogP contribution in [0.3, 0.4) is 0 Å². The second-order valence-corrected chi connectivity index (χ2v) is 4.82. The summed E-state index contributed by atoms with van der Waals surface area (Å²) in [7, 11) is 4.01. The fourth-order valence-electron chi connectivity index (χ4n) is 1.56. The summed E-state index contributed by atoms with van der Waals surface area (Å²) in [5.74, 6) is 0.466. The van der Waals surface area contributed by atoms with E-state index < -0.39 is 0 Å². The molecule has 1 unspecified atom stereocenters. The largest absolute Gasteiger partial charge is 0.306 e. The van der Waals surface area contributed by atoms with E-state index in [9.17, 15) is 4.79 Å². The van der Waals surface area contributed by atoms with Crippen molar-refractivity contribution in [2.75, 3.05) is 20.6 Å². The first kappa shape index (κ1) is 15.4. The molecule has 0 fully saturated rings. The van der Waals surface area contributed by atoms with Gasteiger partial charge in [-0.05, 0) is 26.6 Å². The number of nitrogens with zero attached hydrogens (tertiary/aromatic N) is 1. The average molecular weight is 225 g/mol. The molecule has 0 aliphatic rings. The highest BCUT2D eigenvalue weighted by atomic mass is 16.1. The third-order valence-corrected chi connectivity index (χ3v) is 2.73. The molecule has 2 nitrogen and oxygen atoms in total. The smallest absolute Gasteiger partial charge is 0.158 e. The van der Waals surface area contributed by atoms with Crippen molar-refractivity contribution in [3.05, 3.63) is 12.2 Å². The first-order chi connectivity index (χ1) is 7.57. The molecule has 0 spiro atoms. The second kappa shape index (κ2) is 9.59. The molecule has 0 rings (SSSR count). The Morgan fingerprint density at radius 2 is 1.94 bits per heavy atom. The molecule has 0 saturated heterocycles. The fraction of sp³-hybridized carbons (Fsp3) is 0.786. The number of carbonyl (C=O) groups excluding carboxylic acids is 1. The third-order valence-electron chi connectivity index (χ3n) is 2.73. The van der Waals surface area contributed by atoms with Gasteiger partial charge in [-0.1, -0.05) is 45.6 Å². The highest BCUT2D eigenvalue weighted by molar-refractivity contribution is 5.91. The molecule has 0 saturated carbocycles. The predicted molar refractivity (Wildman–Crippen MR) is 70.6 cm³/mol. The molecule has 0 amide bonds. The molecule has 0 aliphatic carbocycles. The highest BCUT2D eigenvalue weighted by Crippen LogP contribution is 2.11. The maximum absolute atomic E-state index is 11.7. The van der Waals surface area contributed by atoms with Crippen LogP contribution in [0, 0.1) is 5.92 Å². The summed E-state index contributed by atoms with van der Waals surface area (Å²) in [5.41, 5.74) is 0. The van der Waals surface area contributed by atoms with Gasteiger partial charge in [0.05, 0.1) is 0 Å². The number of rotatable bonds is 9. The van der Waals surface area contributed by atoms with Crippen LogP contribution in [-0.4, -0.2) is 31.3 Å². The van der Waals surface area contributed by atoms with Gasteiger partial charge in [0.15, 0.2) is 5.78 Å². The second-order valence-electron chi connectivity index (χ2n) is 4.82. The minimum Gasteiger partial charge on any atom is -0.306 e. The fourth-order valence-corrected chi connectivity index (χ4v) is 1.56. The lowest BCUT2D eigenvalue weighted by molar-refractivity contribution is -0.117. The zero-order chi connectivity index (χ0) is 12.4. The monoisotopic (exact) mass is 225 g/mol. The van der Waals surface area contributed by atoms with Gasteiger partial charge in [0.25, 0.3) is 0 Å². The van der Waals surface area contributed by atoms with Gasteiger partial charge < -0.3 is 4.90 Å². The molecule has 2 heteroatoms. The molecule has 0 heterocycles. The van der Waals surface area contributed by atoms with E-state index in [0.29, 0.717) is 0 Å². The van der Waals surface area contributed by atoms with E-state index in [1.807, 2.05) is 27.1 Å². The SMILES string of the molecule is CCCCCCC(C)C(=O)/C=C/CN(C)C. The van der Waals surface area contributed by atoms with E-state index in [0.717, 1.165) is 13.0 Å². The van der Waals surface area contributed by atoms with Gasteiger partial charge in [0, 0.05) is 12.5 Å². The summed E-state index contributed by atoms with van der Waals surface area (Å²) < 4.78 is 0. The number of ketones is 1. The van der Waals surface area contributed by atoms with Crippen molar-refractivity contribution in [1.29, 1.82) is 0 Å². The van der Waals surface area contributed by atoms with Crippen LogP contribution >= 0.6 is 0 Å². The Balaban J connectivity index is 3.68. The Hall–Kier alpha value is -0.630. The first-order valence-corrected chi connectivity index (χ1v) is 6.43. The molecular formula is C14H27NO. The summed E-state index contributed by atoms with van der Waals surface area (Å²) in [4.78, 5) is 13.7. The lowest BCUT2D eigenvalue weighted by atomic mass is 9.98. The standard InChI is InChI=1S/C14H27NO/c1-5-6-7-8-10-13(2)14(16)11-9-12-15(3)4/h9,11,13H,5-8,10,12H2,1-4H3/b11-9+. The van der Waals surface area contributed by atoms with Gasteiger partial charge in [0.2, 0.25) is 0 Å². The molecule has 0 aromatic heterocycles. The van der Waals surface area contributed by atoms with Crippen LogP contribution in [0.25, 0.3) is 0 Å².